The predicted octanol–water partition coefficient (Wildman–Crippen LogP) is 1.67. The summed E-state index contributed by atoms with van der Waals surface area (Å²) in [6, 6.07) is 0.0286. The van der Waals surface area contributed by atoms with Gasteiger partial charge in [-0.25, -0.2) is 9.37 Å². The lowest BCUT2D eigenvalue weighted by Crippen LogP contribution is -2.39. The van der Waals surface area contributed by atoms with E-state index in [1.165, 1.54) is 6.08 Å². The van der Waals surface area contributed by atoms with Crippen LogP contribution in [-0.2, 0) is 11.3 Å². The van der Waals surface area contributed by atoms with E-state index < -0.39 is 6.17 Å². The summed E-state index contributed by atoms with van der Waals surface area (Å²) in [4.78, 5) is 17.6. The number of nitrogens with one attached hydrogen (secondary N) is 1. The van der Waals surface area contributed by atoms with Crippen LogP contribution in [-0.4, -0.2) is 41.1 Å². The van der Waals surface area contributed by atoms with Crippen molar-refractivity contribution in [1.29, 1.82) is 0 Å². The molecule has 2 atom stereocenters. The number of halogens is 1. The van der Waals surface area contributed by atoms with Gasteiger partial charge in [0.2, 0.25) is 5.91 Å². The van der Waals surface area contributed by atoms with Gasteiger partial charge in [0.25, 0.3) is 0 Å². The number of alkyl halides is 1. The summed E-state index contributed by atoms with van der Waals surface area (Å²) in [5, 5.41) is 5.75. The van der Waals surface area contributed by atoms with Crippen LogP contribution in [0, 0.1) is 6.92 Å². The molecule has 1 aromatic rings. The Kier molecular flexibility index (Phi) is 4.66. The minimum atomic E-state index is -0.828. The summed E-state index contributed by atoms with van der Waals surface area (Å²) in [6.45, 7) is 6.86. The van der Waals surface area contributed by atoms with Crippen molar-refractivity contribution in [2.45, 2.75) is 32.1 Å². The second-order valence-electron chi connectivity index (χ2n) is 4.72. The number of rotatable bonds is 5. The van der Waals surface area contributed by atoms with Gasteiger partial charge in [-0.1, -0.05) is 6.58 Å². The Labute approximate surface area is 116 Å². The number of nitrogens with zero attached hydrogens (tertiary/aromatic N) is 2. The molecule has 1 aromatic heterocycles. The Morgan fingerprint density at radius 1 is 1.79 bits per heavy atom. The van der Waals surface area contributed by atoms with Crippen LogP contribution in [0.4, 0.5) is 4.39 Å². The Balaban J connectivity index is 1.93. The second-order valence-corrected chi connectivity index (χ2v) is 5.79. The van der Waals surface area contributed by atoms with E-state index in [0.29, 0.717) is 26.1 Å². The molecule has 1 aliphatic rings. The third-order valence-electron chi connectivity index (χ3n) is 3.21. The van der Waals surface area contributed by atoms with Crippen molar-refractivity contribution in [1.82, 2.24) is 15.2 Å². The number of hydrogen-bond acceptors (Lipinski definition) is 4. The fourth-order valence-electron chi connectivity index (χ4n) is 2.31. The van der Waals surface area contributed by atoms with Crippen LogP contribution in [0.1, 0.15) is 17.1 Å². The highest BCUT2D eigenvalue weighted by atomic mass is 32.1. The van der Waals surface area contributed by atoms with Gasteiger partial charge >= 0.3 is 0 Å². The van der Waals surface area contributed by atoms with E-state index in [1.54, 1.807) is 11.3 Å². The van der Waals surface area contributed by atoms with E-state index in [4.69, 9.17) is 0 Å². The lowest BCUT2D eigenvalue weighted by Gasteiger charge is -2.23. The molecule has 0 unspecified atom stereocenters. The molecule has 6 heteroatoms. The van der Waals surface area contributed by atoms with Crippen molar-refractivity contribution in [2.24, 2.45) is 0 Å². The monoisotopic (exact) mass is 283 g/mol. The first-order valence-electron chi connectivity index (χ1n) is 6.28. The molecule has 1 N–H and O–H groups in total. The first-order valence-corrected chi connectivity index (χ1v) is 7.16. The van der Waals surface area contributed by atoms with Crippen LogP contribution in [0.2, 0.25) is 0 Å². The lowest BCUT2D eigenvalue weighted by atomic mass is 10.2. The molecular weight excluding hydrogens is 265 g/mol. The van der Waals surface area contributed by atoms with Crippen LogP contribution in [0.15, 0.2) is 18.0 Å². The molecule has 104 valence electrons. The Hall–Kier alpha value is -1.27. The number of hydrogen-bond donors (Lipinski definition) is 1. The molecule has 1 amide bonds. The first-order chi connectivity index (χ1) is 9.08. The minimum absolute atomic E-state index is 0.0286. The standard InChI is InChI=1S/C13H18FN3OS/c1-3-13(18)15-5-12-4-10(14)6-17(12)7-11-8-19-9(2)16-11/h3,8,10,12H,1,4-7H2,2H3,(H,15,18)/t10-,12-/m0/s1. The Morgan fingerprint density at radius 2 is 2.58 bits per heavy atom. The number of carbonyl (C=O) groups is 1. The van der Waals surface area contributed by atoms with Crippen LogP contribution < -0.4 is 5.32 Å². The molecule has 1 aliphatic heterocycles. The molecule has 2 heterocycles. The number of thiazole rings is 1. The average Bonchev–Trinajstić information content (AvgIpc) is 2.93. The fourth-order valence-corrected chi connectivity index (χ4v) is 2.91. The van der Waals surface area contributed by atoms with Crippen molar-refractivity contribution in [3.63, 3.8) is 0 Å². The zero-order valence-corrected chi connectivity index (χ0v) is 11.8. The molecule has 0 bridgehead atoms. The number of amides is 1. The number of carbonyl (C=O) groups excluding carboxylic acids is 1. The second kappa shape index (κ2) is 6.25. The van der Waals surface area contributed by atoms with Crippen LogP contribution in [0.5, 0.6) is 0 Å². The first kappa shape index (κ1) is 14.1. The molecule has 0 spiro atoms. The highest BCUT2D eigenvalue weighted by molar-refractivity contribution is 7.09. The molecule has 2 rings (SSSR count). The molecule has 0 saturated carbocycles. The van der Waals surface area contributed by atoms with Crippen molar-refractivity contribution in [3.8, 4) is 0 Å². The van der Waals surface area contributed by atoms with E-state index >= 15 is 0 Å². The number of likely N-dealkylation sites (tertiary alicyclic amines) is 1. The molecule has 1 saturated heterocycles. The summed E-state index contributed by atoms with van der Waals surface area (Å²) < 4.78 is 13.5. The summed E-state index contributed by atoms with van der Waals surface area (Å²) in [6.07, 6.45) is 0.863. The highest BCUT2D eigenvalue weighted by Crippen LogP contribution is 2.22. The molecule has 1 fully saturated rings. The molecule has 19 heavy (non-hydrogen) atoms. The SMILES string of the molecule is C=CC(=O)NC[C@@H]1C[C@H](F)CN1Cc1csc(C)n1. The molecule has 0 aliphatic carbocycles. The molecule has 0 aromatic carbocycles. The van der Waals surface area contributed by atoms with E-state index in [2.05, 4.69) is 16.9 Å². The fraction of sp³-hybridized carbons (Fsp3) is 0.538. The predicted molar refractivity (Wildman–Crippen MR) is 73.8 cm³/mol. The summed E-state index contributed by atoms with van der Waals surface area (Å²) in [7, 11) is 0. The van der Waals surface area contributed by atoms with Gasteiger partial charge in [0.05, 0.1) is 10.7 Å². The molecular formula is C13H18FN3OS. The van der Waals surface area contributed by atoms with Crippen LogP contribution in [0.25, 0.3) is 0 Å². The smallest absolute Gasteiger partial charge is 0.243 e. The van der Waals surface area contributed by atoms with Gasteiger partial charge in [-0.15, -0.1) is 11.3 Å². The average molecular weight is 283 g/mol. The van der Waals surface area contributed by atoms with Gasteiger partial charge in [-0.3, -0.25) is 9.69 Å². The van der Waals surface area contributed by atoms with Crippen LogP contribution in [0.3, 0.4) is 0 Å². The zero-order chi connectivity index (χ0) is 13.8. The topological polar surface area (TPSA) is 45.2 Å². The van der Waals surface area contributed by atoms with Crippen molar-refractivity contribution in [2.75, 3.05) is 13.1 Å². The van der Waals surface area contributed by atoms with Gasteiger partial charge in [-0.05, 0) is 19.4 Å². The Morgan fingerprint density at radius 3 is 3.21 bits per heavy atom. The zero-order valence-electron chi connectivity index (χ0n) is 10.9. The molecule has 0 radical (unpaired) electrons. The molecule has 4 nitrogen and oxygen atoms in total. The summed E-state index contributed by atoms with van der Waals surface area (Å²) in [5.74, 6) is -0.216. The van der Waals surface area contributed by atoms with Crippen molar-refractivity contribution >= 4 is 17.2 Å². The van der Waals surface area contributed by atoms with E-state index in [1.807, 2.05) is 17.2 Å². The van der Waals surface area contributed by atoms with Gasteiger partial charge < -0.3 is 5.32 Å². The van der Waals surface area contributed by atoms with Gasteiger partial charge in [-0.2, -0.15) is 0 Å². The maximum atomic E-state index is 13.5. The van der Waals surface area contributed by atoms with E-state index in [0.717, 1.165) is 10.7 Å². The maximum absolute atomic E-state index is 13.5. The normalized spacial score (nSPS) is 23.5. The quantitative estimate of drug-likeness (QED) is 0.836. The van der Waals surface area contributed by atoms with Gasteiger partial charge in [0.15, 0.2) is 0 Å². The van der Waals surface area contributed by atoms with Crippen molar-refractivity contribution in [3.05, 3.63) is 28.7 Å². The van der Waals surface area contributed by atoms with E-state index in [9.17, 15) is 9.18 Å². The van der Waals surface area contributed by atoms with E-state index in [-0.39, 0.29) is 11.9 Å². The maximum Gasteiger partial charge on any atom is 0.243 e. The minimum Gasteiger partial charge on any atom is -0.351 e. The summed E-state index contributed by atoms with van der Waals surface area (Å²) in [5.41, 5.74) is 0.969. The Bertz CT molecular complexity index is 462. The number of aryl methyl sites for hydroxylation is 1. The number of aromatic nitrogens is 1. The third-order valence-corrected chi connectivity index (χ3v) is 4.03. The van der Waals surface area contributed by atoms with Gasteiger partial charge in [0, 0.05) is 31.1 Å². The summed E-state index contributed by atoms with van der Waals surface area (Å²) >= 11 is 1.60. The van der Waals surface area contributed by atoms with Gasteiger partial charge in [0.1, 0.15) is 6.17 Å². The van der Waals surface area contributed by atoms with Crippen LogP contribution >= 0.6 is 11.3 Å². The highest BCUT2D eigenvalue weighted by Gasteiger charge is 2.32. The van der Waals surface area contributed by atoms with Crippen molar-refractivity contribution < 1.29 is 9.18 Å². The largest absolute Gasteiger partial charge is 0.351 e. The lowest BCUT2D eigenvalue weighted by molar-refractivity contribution is -0.116. The third kappa shape index (κ3) is 3.84.